The van der Waals surface area contributed by atoms with Crippen LogP contribution in [-0.2, 0) is 11.2 Å². The molecule has 0 unspecified atom stereocenters. The topological polar surface area (TPSA) is 64.1 Å². The average molecular weight is 375 g/mol. The lowest BCUT2D eigenvalue weighted by Crippen LogP contribution is -2.23. The van der Waals surface area contributed by atoms with Gasteiger partial charge in [0.25, 0.3) is 0 Å². The third-order valence-corrected chi connectivity index (χ3v) is 4.28. The van der Waals surface area contributed by atoms with Gasteiger partial charge in [-0.3, -0.25) is 9.78 Å². The van der Waals surface area contributed by atoms with Gasteiger partial charge in [0.2, 0.25) is 5.91 Å². The van der Waals surface area contributed by atoms with Crippen molar-refractivity contribution >= 4 is 23.0 Å². The van der Waals surface area contributed by atoms with Gasteiger partial charge in [-0.15, -0.1) is 0 Å². The molecule has 0 spiro atoms. The lowest BCUT2D eigenvalue weighted by molar-refractivity contribution is -0.116. The summed E-state index contributed by atoms with van der Waals surface area (Å²) in [6.07, 6.45) is 7.78. The summed E-state index contributed by atoms with van der Waals surface area (Å²) in [6, 6.07) is 15.7. The molecule has 0 saturated heterocycles. The zero-order valence-corrected chi connectivity index (χ0v) is 16.1. The lowest BCUT2D eigenvalue weighted by Gasteiger charge is -2.07. The molecule has 1 aromatic heterocycles. The Hall–Kier alpha value is -3.21. The molecule has 1 amide bonds. The molecule has 0 fully saturated rings. The number of hydrogen-bond acceptors (Lipinski definition) is 4. The molecule has 3 rings (SSSR count). The molecule has 5 nitrogen and oxygen atoms in total. The van der Waals surface area contributed by atoms with E-state index in [-0.39, 0.29) is 5.91 Å². The number of carbonyl (C=O) groups excluding carboxylic acids is 1. The first kappa shape index (κ1) is 19.5. The van der Waals surface area contributed by atoms with Crippen molar-refractivity contribution in [2.24, 2.45) is 0 Å². The van der Waals surface area contributed by atoms with Crippen LogP contribution in [0.15, 0.2) is 60.8 Å². The standard InChI is InChI=1S/C23H25N3O2/c1-2-3-16-28-20-11-8-18(9-12-20)14-15-24-23(27)13-10-19-17-25-21-6-4-5-7-22(21)26-19/h4-13,17H,2-3,14-16H2,1H3,(H,24,27). The summed E-state index contributed by atoms with van der Waals surface area (Å²) < 4.78 is 5.65. The summed E-state index contributed by atoms with van der Waals surface area (Å²) >= 11 is 0. The molecule has 0 atom stereocenters. The van der Waals surface area contributed by atoms with Gasteiger partial charge < -0.3 is 10.1 Å². The third kappa shape index (κ3) is 5.91. The fourth-order valence-corrected chi connectivity index (χ4v) is 2.69. The van der Waals surface area contributed by atoms with Crippen LogP contribution in [0.25, 0.3) is 17.1 Å². The van der Waals surface area contributed by atoms with Crippen molar-refractivity contribution in [2.75, 3.05) is 13.2 Å². The van der Waals surface area contributed by atoms with E-state index in [0.29, 0.717) is 12.2 Å². The molecule has 1 N–H and O–H groups in total. The fraction of sp³-hybridized carbons (Fsp3) is 0.261. The maximum atomic E-state index is 12.0. The Bertz CT molecular complexity index is 936. The molecule has 1 heterocycles. The average Bonchev–Trinajstić information content (AvgIpc) is 2.73. The van der Waals surface area contributed by atoms with Crippen molar-refractivity contribution in [1.29, 1.82) is 0 Å². The van der Waals surface area contributed by atoms with Crippen molar-refractivity contribution in [1.82, 2.24) is 15.3 Å². The number of ether oxygens (including phenoxy) is 1. The molecule has 0 aliphatic rings. The van der Waals surface area contributed by atoms with Gasteiger partial charge in [0, 0.05) is 12.6 Å². The zero-order valence-electron chi connectivity index (χ0n) is 16.1. The minimum atomic E-state index is -0.144. The Morgan fingerprint density at radius 2 is 1.89 bits per heavy atom. The van der Waals surface area contributed by atoms with Crippen molar-refractivity contribution in [2.45, 2.75) is 26.2 Å². The van der Waals surface area contributed by atoms with Crippen LogP contribution in [0.3, 0.4) is 0 Å². The highest BCUT2D eigenvalue weighted by Crippen LogP contribution is 2.13. The number of carbonyl (C=O) groups is 1. The summed E-state index contributed by atoms with van der Waals surface area (Å²) in [5.41, 5.74) is 3.47. The Balaban J connectivity index is 1.44. The van der Waals surface area contributed by atoms with Gasteiger partial charge in [-0.05, 0) is 48.7 Å². The van der Waals surface area contributed by atoms with E-state index < -0.39 is 0 Å². The Morgan fingerprint density at radius 3 is 2.68 bits per heavy atom. The number of nitrogens with one attached hydrogen (secondary N) is 1. The van der Waals surface area contributed by atoms with Gasteiger partial charge in [0.15, 0.2) is 0 Å². The van der Waals surface area contributed by atoms with Crippen LogP contribution < -0.4 is 10.1 Å². The first-order valence-electron chi connectivity index (χ1n) is 9.64. The second-order valence-electron chi connectivity index (χ2n) is 6.50. The Labute approximate surface area is 165 Å². The first-order chi connectivity index (χ1) is 13.7. The van der Waals surface area contributed by atoms with Gasteiger partial charge in [-0.1, -0.05) is 37.6 Å². The maximum Gasteiger partial charge on any atom is 0.244 e. The molecule has 0 bridgehead atoms. The van der Waals surface area contributed by atoms with E-state index in [1.165, 1.54) is 6.08 Å². The SMILES string of the molecule is CCCCOc1ccc(CCNC(=O)C=Cc2cnc3ccccc3n2)cc1. The van der Waals surface area contributed by atoms with Crippen LogP contribution >= 0.6 is 0 Å². The quantitative estimate of drug-likeness (QED) is 0.450. The van der Waals surface area contributed by atoms with Crippen molar-refractivity contribution in [3.05, 3.63) is 72.1 Å². The molecule has 0 radical (unpaired) electrons. The third-order valence-electron chi connectivity index (χ3n) is 4.28. The fourth-order valence-electron chi connectivity index (χ4n) is 2.69. The van der Waals surface area contributed by atoms with Crippen LogP contribution in [-0.4, -0.2) is 29.0 Å². The van der Waals surface area contributed by atoms with Gasteiger partial charge in [0.1, 0.15) is 5.75 Å². The summed E-state index contributed by atoms with van der Waals surface area (Å²) in [5.74, 6) is 0.746. The highest BCUT2D eigenvalue weighted by molar-refractivity contribution is 5.91. The minimum Gasteiger partial charge on any atom is -0.494 e. The summed E-state index contributed by atoms with van der Waals surface area (Å²) in [7, 11) is 0. The van der Waals surface area contributed by atoms with Crippen LogP contribution in [0.4, 0.5) is 0 Å². The predicted molar refractivity (Wildman–Crippen MR) is 112 cm³/mol. The molecule has 0 saturated carbocycles. The number of hydrogen-bond donors (Lipinski definition) is 1. The van der Waals surface area contributed by atoms with Gasteiger partial charge in [-0.25, -0.2) is 4.98 Å². The monoisotopic (exact) mass is 375 g/mol. The van der Waals surface area contributed by atoms with Gasteiger partial charge >= 0.3 is 0 Å². The van der Waals surface area contributed by atoms with E-state index in [2.05, 4.69) is 22.2 Å². The van der Waals surface area contributed by atoms with Crippen molar-refractivity contribution < 1.29 is 9.53 Å². The van der Waals surface area contributed by atoms with Crippen LogP contribution in [0.1, 0.15) is 31.0 Å². The van der Waals surface area contributed by atoms with Gasteiger partial charge in [-0.2, -0.15) is 0 Å². The predicted octanol–water partition coefficient (Wildman–Crippen LogP) is 4.18. The summed E-state index contributed by atoms with van der Waals surface area (Å²) in [4.78, 5) is 20.8. The normalized spacial score (nSPS) is 11.0. The van der Waals surface area contributed by atoms with E-state index in [4.69, 9.17) is 4.74 Å². The smallest absolute Gasteiger partial charge is 0.244 e. The minimum absolute atomic E-state index is 0.144. The number of rotatable bonds is 9. The number of fused-ring (bicyclic) bond motifs is 1. The lowest BCUT2D eigenvalue weighted by atomic mass is 10.1. The molecular weight excluding hydrogens is 350 g/mol. The van der Waals surface area contributed by atoms with E-state index in [1.807, 2.05) is 48.5 Å². The molecule has 28 heavy (non-hydrogen) atoms. The molecular formula is C23H25N3O2. The molecule has 3 aromatic rings. The summed E-state index contributed by atoms with van der Waals surface area (Å²) in [6.45, 7) is 3.47. The van der Waals surface area contributed by atoms with Crippen LogP contribution in [0.5, 0.6) is 5.75 Å². The van der Waals surface area contributed by atoms with Crippen LogP contribution in [0.2, 0.25) is 0 Å². The first-order valence-corrected chi connectivity index (χ1v) is 9.64. The number of aromatic nitrogens is 2. The van der Waals surface area contributed by atoms with E-state index >= 15 is 0 Å². The summed E-state index contributed by atoms with van der Waals surface area (Å²) in [5, 5.41) is 2.89. The largest absolute Gasteiger partial charge is 0.494 e. The highest BCUT2D eigenvalue weighted by Gasteiger charge is 2.00. The highest BCUT2D eigenvalue weighted by atomic mass is 16.5. The number of nitrogens with zero attached hydrogens (tertiary/aromatic N) is 2. The molecule has 0 aliphatic carbocycles. The Kier molecular flexibility index (Phi) is 7.13. The second-order valence-corrected chi connectivity index (χ2v) is 6.50. The van der Waals surface area contributed by atoms with Gasteiger partial charge in [0.05, 0.1) is 29.5 Å². The van der Waals surface area contributed by atoms with Crippen LogP contribution in [0, 0.1) is 0 Å². The number of benzene rings is 2. The number of amides is 1. The van der Waals surface area contributed by atoms with Crippen molar-refractivity contribution in [3.63, 3.8) is 0 Å². The molecule has 144 valence electrons. The number of para-hydroxylation sites is 2. The maximum absolute atomic E-state index is 12.0. The van der Waals surface area contributed by atoms with E-state index in [0.717, 1.165) is 48.2 Å². The Morgan fingerprint density at radius 1 is 1.11 bits per heavy atom. The van der Waals surface area contributed by atoms with Crippen molar-refractivity contribution in [3.8, 4) is 5.75 Å². The van der Waals surface area contributed by atoms with E-state index in [9.17, 15) is 4.79 Å². The molecule has 2 aromatic carbocycles. The zero-order chi connectivity index (χ0) is 19.6. The molecule has 0 aliphatic heterocycles. The van der Waals surface area contributed by atoms with E-state index in [1.54, 1.807) is 12.3 Å². The molecule has 5 heteroatoms. The second kappa shape index (κ2) is 10.2. The number of unbranched alkanes of at least 4 members (excludes halogenated alkanes) is 1.